The van der Waals surface area contributed by atoms with E-state index in [0.29, 0.717) is 0 Å². The molecule has 21 heavy (non-hydrogen) atoms. The molecule has 0 bridgehead atoms. The summed E-state index contributed by atoms with van der Waals surface area (Å²) in [5.74, 6) is 1.57. The van der Waals surface area contributed by atoms with Crippen LogP contribution in [0.5, 0.6) is 11.5 Å². The minimum absolute atomic E-state index is 0.782. The van der Waals surface area contributed by atoms with Gasteiger partial charge in [-0.05, 0) is 36.7 Å². The largest absolute Gasteiger partial charge is 0.497 e. The third-order valence-corrected chi connectivity index (χ3v) is 3.27. The summed E-state index contributed by atoms with van der Waals surface area (Å²) in [6.07, 6.45) is 4.87. The molecule has 0 unspecified atom stereocenters. The number of nitrogens with zero attached hydrogens (tertiary/aromatic N) is 1. The van der Waals surface area contributed by atoms with E-state index in [1.165, 1.54) is 5.56 Å². The molecule has 4 nitrogen and oxygen atoms in total. The van der Waals surface area contributed by atoms with Crippen molar-refractivity contribution in [3.05, 3.63) is 42.2 Å². The summed E-state index contributed by atoms with van der Waals surface area (Å²) in [5.41, 5.74) is 3.23. The molecule has 0 fully saturated rings. The van der Waals surface area contributed by atoms with Gasteiger partial charge in [-0.3, -0.25) is 4.98 Å². The number of aromatic nitrogens is 1. The van der Waals surface area contributed by atoms with E-state index in [9.17, 15) is 0 Å². The third-order valence-electron chi connectivity index (χ3n) is 3.27. The molecule has 0 saturated carbocycles. The Morgan fingerprint density at radius 3 is 2.67 bits per heavy atom. The molecule has 112 valence electrons. The smallest absolute Gasteiger partial charge is 0.130 e. The zero-order valence-electron chi connectivity index (χ0n) is 12.8. The maximum Gasteiger partial charge on any atom is 0.130 e. The summed E-state index contributed by atoms with van der Waals surface area (Å²) in [4.78, 5) is 4.33. The zero-order valence-corrected chi connectivity index (χ0v) is 12.8. The molecule has 0 atom stereocenters. The summed E-state index contributed by atoms with van der Waals surface area (Å²) in [5, 5.41) is 3.39. The number of ether oxygens (including phenoxy) is 2. The van der Waals surface area contributed by atoms with Crippen molar-refractivity contribution in [1.82, 2.24) is 10.3 Å². The van der Waals surface area contributed by atoms with Gasteiger partial charge in [0, 0.05) is 36.1 Å². The van der Waals surface area contributed by atoms with E-state index in [2.05, 4.69) is 23.3 Å². The predicted molar refractivity (Wildman–Crippen MR) is 84.8 cm³/mol. The summed E-state index contributed by atoms with van der Waals surface area (Å²) in [6, 6.07) is 7.95. The number of methoxy groups -OCH3 is 2. The molecular weight excluding hydrogens is 264 g/mol. The fourth-order valence-corrected chi connectivity index (χ4v) is 2.18. The monoisotopic (exact) mass is 286 g/mol. The van der Waals surface area contributed by atoms with E-state index in [1.54, 1.807) is 14.2 Å². The lowest BCUT2D eigenvalue weighted by molar-refractivity contribution is 0.395. The van der Waals surface area contributed by atoms with Gasteiger partial charge in [-0.25, -0.2) is 0 Å². The predicted octanol–water partition coefficient (Wildman–Crippen LogP) is 3.27. The first-order valence-corrected chi connectivity index (χ1v) is 7.15. The fraction of sp³-hybridized carbons (Fsp3) is 0.353. The van der Waals surface area contributed by atoms with E-state index in [4.69, 9.17) is 9.47 Å². The highest BCUT2D eigenvalue weighted by molar-refractivity contribution is 5.71. The lowest BCUT2D eigenvalue weighted by Gasteiger charge is -2.11. The highest BCUT2D eigenvalue weighted by atomic mass is 16.5. The average molecular weight is 286 g/mol. The van der Waals surface area contributed by atoms with Crippen LogP contribution in [-0.4, -0.2) is 25.7 Å². The van der Waals surface area contributed by atoms with Gasteiger partial charge in [-0.2, -0.15) is 0 Å². The molecule has 1 aromatic carbocycles. The molecule has 0 saturated heterocycles. The number of nitrogens with one attached hydrogen (secondary N) is 1. The molecule has 2 rings (SSSR count). The molecule has 4 heteroatoms. The van der Waals surface area contributed by atoms with Crippen molar-refractivity contribution >= 4 is 0 Å². The molecule has 0 aliphatic heterocycles. The Hall–Kier alpha value is -2.07. The van der Waals surface area contributed by atoms with Crippen LogP contribution in [0.25, 0.3) is 11.1 Å². The van der Waals surface area contributed by atoms with Gasteiger partial charge in [0.2, 0.25) is 0 Å². The Balaban J connectivity index is 2.27. The lowest BCUT2D eigenvalue weighted by Crippen LogP contribution is -2.13. The second kappa shape index (κ2) is 7.64. The van der Waals surface area contributed by atoms with Crippen LogP contribution in [0.3, 0.4) is 0 Å². The van der Waals surface area contributed by atoms with Crippen molar-refractivity contribution in [2.75, 3.05) is 20.8 Å². The van der Waals surface area contributed by atoms with E-state index in [1.807, 2.05) is 30.6 Å². The second-order valence-electron chi connectivity index (χ2n) is 4.82. The highest BCUT2D eigenvalue weighted by Crippen LogP contribution is 2.33. The molecular formula is C17H22N2O2. The van der Waals surface area contributed by atoms with Gasteiger partial charge in [-0.15, -0.1) is 0 Å². The lowest BCUT2D eigenvalue weighted by atomic mass is 10.0. The number of hydrogen-bond acceptors (Lipinski definition) is 4. The number of benzene rings is 1. The third kappa shape index (κ3) is 3.95. The van der Waals surface area contributed by atoms with Crippen molar-refractivity contribution < 1.29 is 9.47 Å². The topological polar surface area (TPSA) is 43.4 Å². The molecule has 0 radical (unpaired) electrons. The van der Waals surface area contributed by atoms with Crippen molar-refractivity contribution in [3.63, 3.8) is 0 Å². The van der Waals surface area contributed by atoms with Crippen LogP contribution in [0.2, 0.25) is 0 Å². The Bertz CT molecular complexity index is 585. The van der Waals surface area contributed by atoms with Gasteiger partial charge < -0.3 is 14.8 Å². The first-order valence-electron chi connectivity index (χ1n) is 7.15. The Kier molecular flexibility index (Phi) is 5.58. The van der Waals surface area contributed by atoms with Gasteiger partial charge >= 0.3 is 0 Å². The summed E-state index contributed by atoms with van der Waals surface area (Å²) in [6.45, 7) is 3.99. The SMILES string of the molecule is CCCNCc1cncc(-c2ccc(OC)cc2OC)c1. The van der Waals surface area contributed by atoms with Crippen LogP contribution in [-0.2, 0) is 6.54 Å². The van der Waals surface area contributed by atoms with Crippen LogP contribution in [0.1, 0.15) is 18.9 Å². The van der Waals surface area contributed by atoms with Crippen molar-refractivity contribution in [2.45, 2.75) is 19.9 Å². The van der Waals surface area contributed by atoms with Gasteiger partial charge in [0.25, 0.3) is 0 Å². The van der Waals surface area contributed by atoms with Crippen LogP contribution >= 0.6 is 0 Å². The van der Waals surface area contributed by atoms with Gasteiger partial charge in [0.15, 0.2) is 0 Å². The maximum absolute atomic E-state index is 5.46. The number of rotatable bonds is 7. The quantitative estimate of drug-likeness (QED) is 0.793. The summed E-state index contributed by atoms with van der Waals surface area (Å²) in [7, 11) is 3.31. The average Bonchev–Trinajstić information content (AvgIpc) is 2.54. The van der Waals surface area contributed by atoms with Gasteiger partial charge in [-0.1, -0.05) is 6.92 Å². The van der Waals surface area contributed by atoms with Crippen molar-refractivity contribution in [1.29, 1.82) is 0 Å². The molecule has 0 aliphatic carbocycles. The van der Waals surface area contributed by atoms with E-state index < -0.39 is 0 Å². The zero-order chi connectivity index (χ0) is 15.1. The molecule has 1 N–H and O–H groups in total. The standard InChI is InChI=1S/C17H22N2O2/c1-4-7-18-10-13-8-14(12-19-11-13)16-6-5-15(20-2)9-17(16)21-3/h5-6,8-9,11-12,18H,4,7,10H2,1-3H3. The maximum atomic E-state index is 5.46. The minimum Gasteiger partial charge on any atom is -0.497 e. The Morgan fingerprint density at radius 1 is 1.10 bits per heavy atom. The first-order chi connectivity index (χ1) is 10.3. The first kappa shape index (κ1) is 15.3. The Morgan fingerprint density at radius 2 is 1.95 bits per heavy atom. The summed E-state index contributed by atoms with van der Waals surface area (Å²) < 4.78 is 10.7. The highest BCUT2D eigenvalue weighted by Gasteiger charge is 2.08. The van der Waals surface area contributed by atoms with Crippen LogP contribution in [0.15, 0.2) is 36.7 Å². The van der Waals surface area contributed by atoms with E-state index in [0.717, 1.165) is 42.1 Å². The summed E-state index contributed by atoms with van der Waals surface area (Å²) >= 11 is 0. The van der Waals surface area contributed by atoms with Crippen LogP contribution < -0.4 is 14.8 Å². The van der Waals surface area contributed by atoms with Crippen LogP contribution in [0.4, 0.5) is 0 Å². The number of pyridine rings is 1. The van der Waals surface area contributed by atoms with Crippen LogP contribution in [0, 0.1) is 0 Å². The minimum atomic E-state index is 0.782. The van der Waals surface area contributed by atoms with Gasteiger partial charge in [0.1, 0.15) is 11.5 Å². The van der Waals surface area contributed by atoms with Crippen molar-refractivity contribution in [2.24, 2.45) is 0 Å². The van der Waals surface area contributed by atoms with Crippen molar-refractivity contribution in [3.8, 4) is 22.6 Å². The molecule has 0 aliphatic rings. The van der Waals surface area contributed by atoms with E-state index >= 15 is 0 Å². The molecule has 1 aromatic heterocycles. The van der Waals surface area contributed by atoms with Gasteiger partial charge in [0.05, 0.1) is 14.2 Å². The molecule has 0 amide bonds. The second-order valence-corrected chi connectivity index (χ2v) is 4.82. The Labute approximate surface area is 126 Å². The molecule has 1 heterocycles. The fourth-order valence-electron chi connectivity index (χ4n) is 2.18. The normalized spacial score (nSPS) is 10.4. The number of hydrogen-bond donors (Lipinski definition) is 1. The molecule has 2 aromatic rings. The molecule has 0 spiro atoms. The van der Waals surface area contributed by atoms with E-state index in [-0.39, 0.29) is 0 Å².